The molecular weight excluding hydrogens is 352 g/mol. The SMILES string of the molecule is CC(C)Oc1ccc(C2=C(N3CCc4ccccc4C3)C(=O)N(C)C2=O)cc1. The Morgan fingerprint density at radius 1 is 0.929 bits per heavy atom. The van der Waals surface area contributed by atoms with E-state index in [-0.39, 0.29) is 17.9 Å². The molecule has 0 bridgehead atoms. The highest BCUT2D eigenvalue weighted by molar-refractivity contribution is 6.35. The summed E-state index contributed by atoms with van der Waals surface area (Å²) in [5.41, 5.74) is 4.23. The summed E-state index contributed by atoms with van der Waals surface area (Å²) >= 11 is 0. The van der Waals surface area contributed by atoms with E-state index in [1.807, 2.05) is 55.1 Å². The van der Waals surface area contributed by atoms with Crippen molar-refractivity contribution in [2.24, 2.45) is 0 Å². The number of likely N-dealkylation sites (N-methyl/N-ethyl adjacent to an activating group) is 1. The Morgan fingerprint density at radius 3 is 2.29 bits per heavy atom. The molecule has 5 heteroatoms. The summed E-state index contributed by atoms with van der Waals surface area (Å²) in [5, 5.41) is 0. The number of hydrogen-bond donors (Lipinski definition) is 0. The first-order valence-corrected chi connectivity index (χ1v) is 9.61. The molecule has 2 aliphatic heterocycles. The molecule has 2 aliphatic rings. The van der Waals surface area contributed by atoms with E-state index in [4.69, 9.17) is 4.74 Å². The van der Waals surface area contributed by atoms with E-state index >= 15 is 0 Å². The lowest BCUT2D eigenvalue weighted by Crippen LogP contribution is -2.35. The Kier molecular flexibility index (Phi) is 4.67. The Hall–Kier alpha value is -3.08. The minimum Gasteiger partial charge on any atom is -0.491 e. The number of carbonyl (C=O) groups is 2. The minimum absolute atomic E-state index is 0.0786. The maximum Gasteiger partial charge on any atom is 0.277 e. The van der Waals surface area contributed by atoms with Crippen molar-refractivity contribution in [3.63, 3.8) is 0 Å². The molecule has 5 nitrogen and oxygen atoms in total. The molecule has 0 atom stereocenters. The molecule has 2 aromatic rings. The van der Waals surface area contributed by atoms with Crippen LogP contribution in [0.15, 0.2) is 54.2 Å². The first-order chi connectivity index (χ1) is 13.5. The average molecular weight is 376 g/mol. The number of benzene rings is 2. The van der Waals surface area contributed by atoms with Crippen LogP contribution in [0.4, 0.5) is 0 Å². The lowest BCUT2D eigenvalue weighted by Gasteiger charge is -2.31. The second kappa shape index (κ2) is 7.15. The van der Waals surface area contributed by atoms with Crippen LogP contribution in [0.5, 0.6) is 5.75 Å². The Labute approximate surface area is 165 Å². The Morgan fingerprint density at radius 2 is 1.61 bits per heavy atom. The topological polar surface area (TPSA) is 49.9 Å². The molecule has 2 heterocycles. The predicted molar refractivity (Wildman–Crippen MR) is 107 cm³/mol. The summed E-state index contributed by atoms with van der Waals surface area (Å²) in [6.07, 6.45) is 0.939. The highest BCUT2D eigenvalue weighted by Crippen LogP contribution is 2.34. The molecule has 2 amide bonds. The molecular formula is C23H24N2O3. The quantitative estimate of drug-likeness (QED) is 0.769. The first-order valence-electron chi connectivity index (χ1n) is 9.61. The van der Waals surface area contributed by atoms with Crippen LogP contribution in [-0.4, -0.2) is 41.3 Å². The summed E-state index contributed by atoms with van der Waals surface area (Å²) in [5.74, 6) is 0.260. The molecule has 0 unspecified atom stereocenters. The fraction of sp³-hybridized carbons (Fsp3) is 0.304. The molecule has 4 rings (SSSR count). The van der Waals surface area contributed by atoms with Gasteiger partial charge in [-0.3, -0.25) is 14.5 Å². The smallest absolute Gasteiger partial charge is 0.277 e. The zero-order chi connectivity index (χ0) is 19.8. The van der Waals surface area contributed by atoms with Gasteiger partial charge in [-0.1, -0.05) is 36.4 Å². The third-order valence-corrected chi connectivity index (χ3v) is 5.22. The van der Waals surface area contributed by atoms with Gasteiger partial charge in [-0.25, -0.2) is 0 Å². The monoisotopic (exact) mass is 376 g/mol. The van der Waals surface area contributed by atoms with Crippen LogP contribution >= 0.6 is 0 Å². The number of nitrogens with zero attached hydrogens (tertiary/aromatic N) is 2. The van der Waals surface area contributed by atoms with Gasteiger partial charge in [-0.05, 0) is 49.1 Å². The summed E-state index contributed by atoms with van der Waals surface area (Å²) in [7, 11) is 1.55. The molecule has 2 aromatic carbocycles. The van der Waals surface area contributed by atoms with Crippen molar-refractivity contribution in [1.29, 1.82) is 0 Å². The van der Waals surface area contributed by atoms with Crippen LogP contribution in [0.1, 0.15) is 30.5 Å². The van der Waals surface area contributed by atoms with E-state index in [1.54, 1.807) is 7.05 Å². The van der Waals surface area contributed by atoms with Gasteiger partial charge in [0.05, 0.1) is 11.7 Å². The van der Waals surface area contributed by atoms with Crippen LogP contribution in [0, 0.1) is 0 Å². The van der Waals surface area contributed by atoms with Crippen molar-refractivity contribution in [2.75, 3.05) is 13.6 Å². The molecule has 0 fully saturated rings. The zero-order valence-corrected chi connectivity index (χ0v) is 16.4. The van der Waals surface area contributed by atoms with Crippen LogP contribution < -0.4 is 4.74 Å². The number of carbonyl (C=O) groups excluding carboxylic acids is 2. The van der Waals surface area contributed by atoms with E-state index in [0.29, 0.717) is 17.8 Å². The van der Waals surface area contributed by atoms with E-state index in [0.717, 1.165) is 24.3 Å². The van der Waals surface area contributed by atoms with Gasteiger partial charge in [0.25, 0.3) is 11.8 Å². The second-order valence-corrected chi connectivity index (χ2v) is 7.52. The molecule has 0 aromatic heterocycles. The first kappa shape index (κ1) is 18.3. The van der Waals surface area contributed by atoms with Crippen LogP contribution in [0.3, 0.4) is 0 Å². The summed E-state index contributed by atoms with van der Waals surface area (Å²) in [4.78, 5) is 29.0. The van der Waals surface area contributed by atoms with Crippen molar-refractivity contribution in [3.8, 4) is 5.75 Å². The number of imide groups is 1. The number of rotatable bonds is 4. The van der Waals surface area contributed by atoms with E-state index < -0.39 is 0 Å². The molecule has 0 aliphatic carbocycles. The van der Waals surface area contributed by atoms with Crippen LogP contribution in [-0.2, 0) is 22.6 Å². The third-order valence-electron chi connectivity index (χ3n) is 5.22. The van der Waals surface area contributed by atoms with E-state index in [1.165, 1.54) is 16.0 Å². The second-order valence-electron chi connectivity index (χ2n) is 7.52. The maximum absolute atomic E-state index is 12.9. The van der Waals surface area contributed by atoms with Crippen LogP contribution in [0.25, 0.3) is 5.57 Å². The molecule has 28 heavy (non-hydrogen) atoms. The fourth-order valence-electron chi connectivity index (χ4n) is 3.84. The molecule has 144 valence electrons. The third kappa shape index (κ3) is 3.17. The predicted octanol–water partition coefficient (Wildman–Crippen LogP) is 3.24. The summed E-state index contributed by atoms with van der Waals surface area (Å²) in [6, 6.07) is 15.7. The number of fused-ring (bicyclic) bond motifs is 1. The average Bonchev–Trinajstić information content (AvgIpc) is 2.92. The van der Waals surface area contributed by atoms with E-state index in [9.17, 15) is 9.59 Å². The number of ether oxygens (including phenoxy) is 1. The van der Waals surface area contributed by atoms with Crippen molar-refractivity contribution < 1.29 is 14.3 Å². The minimum atomic E-state index is -0.253. The highest BCUT2D eigenvalue weighted by Gasteiger charge is 2.40. The Bertz CT molecular complexity index is 960. The van der Waals surface area contributed by atoms with Crippen molar-refractivity contribution in [3.05, 3.63) is 70.9 Å². The lowest BCUT2D eigenvalue weighted by molar-refractivity contribution is -0.136. The van der Waals surface area contributed by atoms with Gasteiger partial charge in [-0.2, -0.15) is 0 Å². The largest absolute Gasteiger partial charge is 0.491 e. The molecule has 0 saturated heterocycles. The van der Waals surface area contributed by atoms with Crippen molar-refractivity contribution in [1.82, 2.24) is 9.80 Å². The van der Waals surface area contributed by atoms with Gasteiger partial charge in [0.15, 0.2) is 0 Å². The molecule has 0 saturated carbocycles. The Balaban J connectivity index is 1.72. The van der Waals surface area contributed by atoms with Crippen molar-refractivity contribution in [2.45, 2.75) is 32.9 Å². The van der Waals surface area contributed by atoms with E-state index in [2.05, 4.69) is 12.1 Å². The van der Waals surface area contributed by atoms with Gasteiger partial charge in [-0.15, -0.1) is 0 Å². The van der Waals surface area contributed by atoms with Gasteiger partial charge >= 0.3 is 0 Å². The molecule has 0 spiro atoms. The van der Waals surface area contributed by atoms with Gasteiger partial charge in [0.1, 0.15) is 11.4 Å². The normalized spacial score (nSPS) is 16.9. The highest BCUT2D eigenvalue weighted by atomic mass is 16.5. The summed E-state index contributed by atoms with van der Waals surface area (Å²) in [6.45, 7) is 5.29. The van der Waals surface area contributed by atoms with Gasteiger partial charge in [0, 0.05) is 20.1 Å². The standard InChI is InChI=1S/C23H24N2O3/c1-15(2)28-19-10-8-17(9-11-19)20-21(23(27)24(3)22(20)26)25-13-12-16-6-4-5-7-18(16)14-25/h4-11,15H,12-14H2,1-3H3. The van der Waals surface area contributed by atoms with Gasteiger partial charge in [0.2, 0.25) is 0 Å². The summed E-state index contributed by atoms with van der Waals surface area (Å²) < 4.78 is 5.69. The lowest BCUT2D eigenvalue weighted by atomic mass is 9.98. The van der Waals surface area contributed by atoms with Crippen LogP contribution in [0.2, 0.25) is 0 Å². The number of hydrogen-bond acceptors (Lipinski definition) is 4. The fourth-order valence-corrected chi connectivity index (χ4v) is 3.84. The van der Waals surface area contributed by atoms with Crippen molar-refractivity contribution >= 4 is 17.4 Å². The zero-order valence-electron chi connectivity index (χ0n) is 16.4. The molecule has 0 radical (unpaired) electrons. The van der Waals surface area contributed by atoms with Gasteiger partial charge < -0.3 is 9.64 Å². The molecule has 0 N–H and O–H groups in total. The number of amides is 2. The maximum atomic E-state index is 12.9.